The molecule has 19 heavy (non-hydrogen) atoms. The van der Waals surface area contributed by atoms with Crippen LogP contribution in [0.4, 0.5) is 0 Å². The molecule has 1 aliphatic rings. The Morgan fingerprint density at radius 1 is 1.32 bits per heavy atom. The van der Waals surface area contributed by atoms with E-state index in [1.807, 2.05) is 0 Å². The maximum Gasteiger partial charge on any atom is 0.128 e. The first-order valence-corrected chi connectivity index (χ1v) is 7.87. The van der Waals surface area contributed by atoms with Gasteiger partial charge >= 0.3 is 0 Å². The molecule has 1 N–H and O–H groups in total. The van der Waals surface area contributed by atoms with E-state index in [4.69, 9.17) is 4.98 Å². The van der Waals surface area contributed by atoms with E-state index in [-0.39, 0.29) is 0 Å². The van der Waals surface area contributed by atoms with Crippen molar-refractivity contribution in [2.24, 2.45) is 5.92 Å². The van der Waals surface area contributed by atoms with Gasteiger partial charge in [-0.05, 0) is 56.7 Å². The van der Waals surface area contributed by atoms with Crippen LogP contribution in [0.15, 0.2) is 6.20 Å². The molecule has 1 atom stereocenters. The van der Waals surface area contributed by atoms with Crippen molar-refractivity contribution in [3.8, 4) is 0 Å². The molecule has 0 radical (unpaired) electrons. The molecule has 0 aliphatic heterocycles. The summed E-state index contributed by atoms with van der Waals surface area (Å²) in [5, 5.41) is 3.53. The first-order chi connectivity index (χ1) is 9.33. The number of fused-ring (bicyclic) bond motifs is 1. The van der Waals surface area contributed by atoms with Crippen LogP contribution in [0.3, 0.4) is 0 Å². The van der Waals surface area contributed by atoms with Crippen molar-refractivity contribution in [2.45, 2.75) is 58.8 Å². The first-order valence-electron chi connectivity index (χ1n) is 7.87. The maximum atomic E-state index is 4.75. The van der Waals surface area contributed by atoms with Crippen LogP contribution in [-0.4, -0.2) is 23.1 Å². The predicted octanol–water partition coefficient (Wildman–Crippen LogP) is 2.92. The standard InChI is InChI=1S/C16H27N3/c1-3-5-6-16-18-12-14-10-13(11-17-9-4-2)7-8-15(14)19-16/h12-13,17H,3-11H2,1-2H3. The largest absolute Gasteiger partial charge is 0.316 e. The SMILES string of the molecule is CCCCc1ncc2c(n1)CCC(CNCCC)C2. The van der Waals surface area contributed by atoms with Crippen LogP contribution < -0.4 is 5.32 Å². The maximum absolute atomic E-state index is 4.75. The molecule has 0 amide bonds. The zero-order valence-electron chi connectivity index (χ0n) is 12.4. The van der Waals surface area contributed by atoms with E-state index in [1.54, 1.807) is 0 Å². The lowest BCUT2D eigenvalue weighted by atomic mass is 9.87. The summed E-state index contributed by atoms with van der Waals surface area (Å²) in [6.45, 7) is 6.71. The molecule has 106 valence electrons. The highest BCUT2D eigenvalue weighted by molar-refractivity contribution is 5.21. The quantitative estimate of drug-likeness (QED) is 0.767. The molecule has 0 saturated heterocycles. The minimum Gasteiger partial charge on any atom is -0.316 e. The molecular formula is C16H27N3. The third-order valence-corrected chi connectivity index (χ3v) is 3.92. The van der Waals surface area contributed by atoms with E-state index in [1.165, 1.54) is 36.9 Å². The first kappa shape index (κ1) is 14.4. The number of nitrogens with zero attached hydrogens (tertiary/aromatic N) is 2. The Labute approximate surface area is 117 Å². The molecule has 1 aromatic rings. The molecule has 1 aliphatic carbocycles. The van der Waals surface area contributed by atoms with Crippen molar-refractivity contribution >= 4 is 0 Å². The molecule has 2 rings (SSSR count). The number of hydrogen-bond acceptors (Lipinski definition) is 3. The van der Waals surface area contributed by atoms with Gasteiger partial charge in [-0.15, -0.1) is 0 Å². The van der Waals surface area contributed by atoms with Crippen LogP contribution in [0.25, 0.3) is 0 Å². The summed E-state index contributed by atoms with van der Waals surface area (Å²) in [5.74, 6) is 1.81. The van der Waals surface area contributed by atoms with Crippen molar-refractivity contribution in [1.29, 1.82) is 0 Å². The number of aromatic nitrogens is 2. The van der Waals surface area contributed by atoms with Gasteiger partial charge in [0.15, 0.2) is 0 Å². The van der Waals surface area contributed by atoms with Crippen LogP contribution in [0.1, 0.15) is 56.6 Å². The van der Waals surface area contributed by atoms with E-state index in [2.05, 4.69) is 30.3 Å². The number of hydrogen-bond donors (Lipinski definition) is 1. The zero-order valence-corrected chi connectivity index (χ0v) is 12.4. The fraction of sp³-hybridized carbons (Fsp3) is 0.750. The third-order valence-electron chi connectivity index (χ3n) is 3.92. The molecule has 0 spiro atoms. The Balaban J connectivity index is 1.90. The summed E-state index contributed by atoms with van der Waals surface area (Å²) < 4.78 is 0. The summed E-state index contributed by atoms with van der Waals surface area (Å²) in [4.78, 5) is 9.28. The van der Waals surface area contributed by atoms with Gasteiger partial charge in [0.05, 0.1) is 0 Å². The smallest absolute Gasteiger partial charge is 0.128 e. The topological polar surface area (TPSA) is 37.8 Å². The molecule has 3 nitrogen and oxygen atoms in total. The number of aryl methyl sites for hydroxylation is 2. The molecule has 3 heteroatoms. The summed E-state index contributed by atoms with van der Waals surface area (Å²) >= 11 is 0. The van der Waals surface area contributed by atoms with Gasteiger partial charge in [0.1, 0.15) is 5.82 Å². The Hall–Kier alpha value is -0.960. The minimum atomic E-state index is 0.768. The van der Waals surface area contributed by atoms with Gasteiger partial charge < -0.3 is 5.32 Å². The molecule has 1 unspecified atom stereocenters. The van der Waals surface area contributed by atoms with E-state index in [0.717, 1.165) is 44.1 Å². The Kier molecular flexibility index (Phi) is 5.77. The van der Waals surface area contributed by atoms with E-state index in [9.17, 15) is 0 Å². The van der Waals surface area contributed by atoms with Gasteiger partial charge in [-0.25, -0.2) is 9.97 Å². The Morgan fingerprint density at radius 3 is 3.00 bits per heavy atom. The highest BCUT2D eigenvalue weighted by Gasteiger charge is 2.20. The average Bonchev–Trinajstić information content (AvgIpc) is 2.45. The summed E-state index contributed by atoms with van der Waals surface area (Å²) in [7, 11) is 0. The second-order valence-corrected chi connectivity index (χ2v) is 5.67. The molecule has 0 aromatic carbocycles. The molecule has 0 bridgehead atoms. The molecule has 1 aromatic heterocycles. The van der Waals surface area contributed by atoms with Crippen molar-refractivity contribution in [2.75, 3.05) is 13.1 Å². The van der Waals surface area contributed by atoms with E-state index >= 15 is 0 Å². The highest BCUT2D eigenvalue weighted by atomic mass is 14.9. The zero-order chi connectivity index (χ0) is 13.5. The molecule has 0 fully saturated rings. The predicted molar refractivity (Wildman–Crippen MR) is 79.3 cm³/mol. The van der Waals surface area contributed by atoms with E-state index in [0.29, 0.717) is 0 Å². The fourth-order valence-corrected chi connectivity index (χ4v) is 2.74. The van der Waals surface area contributed by atoms with Crippen molar-refractivity contribution in [3.63, 3.8) is 0 Å². The highest BCUT2D eigenvalue weighted by Crippen LogP contribution is 2.23. The molecular weight excluding hydrogens is 234 g/mol. The number of rotatable bonds is 7. The molecule has 0 saturated carbocycles. The van der Waals surface area contributed by atoms with Crippen LogP contribution in [0.2, 0.25) is 0 Å². The van der Waals surface area contributed by atoms with Crippen molar-refractivity contribution in [1.82, 2.24) is 15.3 Å². The van der Waals surface area contributed by atoms with Crippen LogP contribution in [-0.2, 0) is 19.3 Å². The van der Waals surface area contributed by atoms with Gasteiger partial charge in [-0.1, -0.05) is 20.3 Å². The summed E-state index contributed by atoms with van der Waals surface area (Å²) in [6, 6.07) is 0. The lowest BCUT2D eigenvalue weighted by Crippen LogP contribution is -2.28. The van der Waals surface area contributed by atoms with Gasteiger partial charge in [0, 0.05) is 18.3 Å². The average molecular weight is 261 g/mol. The van der Waals surface area contributed by atoms with Crippen molar-refractivity contribution < 1.29 is 0 Å². The monoisotopic (exact) mass is 261 g/mol. The Morgan fingerprint density at radius 2 is 2.21 bits per heavy atom. The summed E-state index contributed by atoms with van der Waals surface area (Å²) in [5.41, 5.74) is 2.70. The lowest BCUT2D eigenvalue weighted by Gasteiger charge is -2.24. The van der Waals surface area contributed by atoms with Gasteiger partial charge in [0.2, 0.25) is 0 Å². The molecule has 1 heterocycles. The second kappa shape index (κ2) is 7.59. The summed E-state index contributed by atoms with van der Waals surface area (Å²) in [6.07, 6.45) is 10.3. The van der Waals surface area contributed by atoms with Gasteiger partial charge in [0.25, 0.3) is 0 Å². The third kappa shape index (κ3) is 4.27. The fourth-order valence-electron chi connectivity index (χ4n) is 2.74. The van der Waals surface area contributed by atoms with Gasteiger partial charge in [-0.3, -0.25) is 0 Å². The van der Waals surface area contributed by atoms with Gasteiger partial charge in [-0.2, -0.15) is 0 Å². The number of unbranched alkanes of at least 4 members (excludes halogenated alkanes) is 1. The normalized spacial score (nSPS) is 18.3. The van der Waals surface area contributed by atoms with Crippen LogP contribution >= 0.6 is 0 Å². The lowest BCUT2D eigenvalue weighted by molar-refractivity contribution is 0.419. The second-order valence-electron chi connectivity index (χ2n) is 5.67. The minimum absolute atomic E-state index is 0.768. The van der Waals surface area contributed by atoms with Crippen molar-refractivity contribution in [3.05, 3.63) is 23.3 Å². The Bertz CT molecular complexity index is 390. The van der Waals surface area contributed by atoms with Crippen LogP contribution in [0.5, 0.6) is 0 Å². The van der Waals surface area contributed by atoms with Crippen LogP contribution in [0, 0.1) is 5.92 Å². The van der Waals surface area contributed by atoms with E-state index < -0.39 is 0 Å². The number of nitrogens with one attached hydrogen (secondary N) is 1.